The predicted octanol–water partition coefficient (Wildman–Crippen LogP) is 2.27. The van der Waals surface area contributed by atoms with E-state index in [-0.39, 0.29) is 12.0 Å². The summed E-state index contributed by atoms with van der Waals surface area (Å²) in [7, 11) is 0. The number of anilines is 1. The van der Waals surface area contributed by atoms with E-state index in [1.54, 1.807) is 10.3 Å². The number of amides is 2. The van der Waals surface area contributed by atoms with Gasteiger partial charge in [0.2, 0.25) is 5.91 Å². The molecule has 0 saturated carbocycles. The maximum atomic E-state index is 12.7. The van der Waals surface area contributed by atoms with Crippen LogP contribution in [-0.2, 0) is 0 Å². The Hall–Kier alpha value is -2.34. The molecular weight excluding hydrogens is 288 g/mol. The molecule has 1 aromatic carbocycles. The molecule has 0 saturated heterocycles. The molecule has 1 aromatic heterocycles. The molecule has 1 aliphatic rings. The molecule has 0 spiro atoms. The van der Waals surface area contributed by atoms with Crippen LogP contribution in [0.4, 0.5) is 5.69 Å². The molecule has 1 unspecified atom stereocenters. The summed E-state index contributed by atoms with van der Waals surface area (Å²) in [6, 6.07) is 8.96. The van der Waals surface area contributed by atoms with Gasteiger partial charge in [-0.15, -0.1) is 11.3 Å². The molecule has 5 nitrogen and oxygen atoms in total. The number of fused-ring (bicyclic) bond motifs is 1. The quantitative estimate of drug-likeness (QED) is 0.925. The zero-order valence-electron chi connectivity index (χ0n) is 11.4. The summed E-state index contributed by atoms with van der Waals surface area (Å²) >= 11 is 1.22. The second kappa shape index (κ2) is 5.21. The monoisotopic (exact) mass is 302 g/mol. The van der Waals surface area contributed by atoms with Crippen LogP contribution in [0.25, 0.3) is 0 Å². The van der Waals surface area contributed by atoms with Crippen molar-refractivity contribution in [3.8, 4) is 5.75 Å². The number of hydrogen-bond acceptors (Lipinski definition) is 4. The fraction of sp³-hybridized carbons (Fsp3) is 0.200. The van der Waals surface area contributed by atoms with Crippen LogP contribution >= 0.6 is 11.3 Å². The van der Waals surface area contributed by atoms with E-state index < -0.39 is 5.91 Å². The first-order chi connectivity index (χ1) is 10.1. The van der Waals surface area contributed by atoms with Crippen molar-refractivity contribution in [3.05, 3.63) is 46.2 Å². The van der Waals surface area contributed by atoms with Crippen molar-refractivity contribution in [1.82, 2.24) is 0 Å². The number of nitrogens with two attached hydrogens (primary N) is 1. The Morgan fingerprint density at radius 2 is 2.14 bits per heavy atom. The smallest absolute Gasteiger partial charge is 0.268 e. The zero-order chi connectivity index (χ0) is 15.0. The maximum Gasteiger partial charge on any atom is 0.268 e. The van der Waals surface area contributed by atoms with Crippen LogP contribution in [0, 0.1) is 0 Å². The van der Waals surface area contributed by atoms with E-state index in [9.17, 15) is 9.59 Å². The van der Waals surface area contributed by atoms with Gasteiger partial charge in [0.25, 0.3) is 5.91 Å². The highest BCUT2D eigenvalue weighted by molar-refractivity contribution is 7.12. The third-order valence-corrected chi connectivity index (χ3v) is 4.18. The van der Waals surface area contributed by atoms with E-state index in [4.69, 9.17) is 10.5 Å². The largest absolute Gasteiger partial charge is 0.487 e. The summed E-state index contributed by atoms with van der Waals surface area (Å²) in [6.07, 6.45) is -0.0839. The minimum absolute atomic E-state index is 0.0839. The fourth-order valence-electron chi connectivity index (χ4n) is 2.29. The number of carbonyl (C=O) groups excluding carboxylic acids is 2. The van der Waals surface area contributed by atoms with E-state index in [2.05, 4.69) is 0 Å². The summed E-state index contributed by atoms with van der Waals surface area (Å²) in [4.78, 5) is 26.0. The lowest BCUT2D eigenvalue weighted by molar-refractivity contribution is 0.0965. The minimum atomic E-state index is -0.527. The lowest BCUT2D eigenvalue weighted by Gasteiger charge is -2.33. The van der Waals surface area contributed by atoms with Gasteiger partial charge in [-0.2, -0.15) is 0 Å². The summed E-state index contributed by atoms with van der Waals surface area (Å²) in [5, 5.41) is 1.60. The molecule has 0 aliphatic carbocycles. The normalized spacial score (nSPS) is 17.0. The van der Waals surface area contributed by atoms with E-state index in [0.29, 0.717) is 22.7 Å². The van der Waals surface area contributed by atoms with E-state index >= 15 is 0 Å². The third-order valence-electron chi connectivity index (χ3n) is 3.26. The highest BCUT2D eigenvalue weighted by Crippen LogP contribution is 2.34. The number of para-hydroxylation sites is 2. The van der Waals surface area contributed by atoms with E-state index in [0.717, 1.165) is 5.69 Å². The van der Waals surface area contributed by atoms with E-state index in [1.165, 1.54) is 17.4 Å². The molecule has 2 N–H and O–H groups in total. The fourth-order valence-corrected chi connectivity index (χ4v) is 3.14. The van der Waals surface area contributed by atoms with Gasteiger partial charge in [-0.25, -0.2) is 0 Å². The van der Waals surface area contributed by atoms with Gasteiger partial charge in [-0.3, -0.25) is 9.59 Å². The Labute approximate surface area is 125 Å². The highest BCUT2D eigenvalue weighted by Gasteiger charge is 2.29. The lowest BCUT2D eigenvalue weighted by Crippen LogP contribution is -2.42. The highest BCUT2D eigenvalue weighted by atomic mass is 32.1. The lowest BCUT2D eigenvalue weighted by atomic mass is 10.2. The standard InChI is InChI=1S/C15H14N2O3S/c1-9-7-17(11-4-2-3-5-12(11)20-9)15(19)13-6-10(8-21-13)14(16)18/h2-6,8-9H,7H2,1H3,(H2,16,18). The van der Waals surface area contributed by atoms with Crippen LogP contribution in [0.15, 0.2) is 35.7 Å². The average Bonchev–Trinajstić information content (AvgIpc) is 2.95. The minimum Gasteiger partial charge on any atom is -0.487 e. The second-order valence-corrected chi connectivity index (χ2v) is 5.79. The summed E-state index contributed by atoms with van der Waals surface area (Å²) in [5.41, 5.74) is 6.33. The van der Waals surface area contributed by atoms with Crippen LogP contribution in [0.3, 0.4) is 0 Å². The second-order valence-electron chi connectivity index (χ2n) is 4.88. The maximum absolute atomic E-state index is 12.7. The van der Waals surface area contributed by atoms with Crippen LogP contribution < -0.4 is 15.4 Å². The summed E-state index contributed by atoms with van der Waals surface area (Å²) in [6.45, 7) is 2.39. The molecule has 1 aliphatic heterocycles. The van der Waals surface area contributed by atoms with Crippen molar-refractivity contribution in [2.24, 2.45) is 5.73 Å². The SMILES string of the molecule is CC1CN(C(=O)c2cc(C(N)=O)cs2)c2ccccc2O1. The number of benzene rings is 1. The van der Waals surface area contributed by atoms with Crippen LogP contribution in [-0.4, -0.2) is 24.5 Å². The number of hydrogen-bond donors (Lipinski definition) is 1. The van der Waals surface area contributed by atoms with Crippen LogP contribution in [0.2, 0.25) is 0 Å². The van der Waals surface area contributed by atoms with Crippen molar-refractivity contribution in [2.75, 3.05) is 11.4 Å². The summed E-state index contributed by atoms with van der Waals surface area (Å²) < 4.78 is 5.73. The first kappa shape index (κ1) is 13.6. The van der Waals surface area contributed by atoms with Gasteiger partial charge < -0.3 is 15.4 Å². The molecule has 2 amide bonds. The number of ether oxygens (including phenoxy) is 1. The predicted molar refractivity (Wildman–Crippen MR) is 81.0 cm³/mol. The van der Waals surface area contributed by atoms with Crippen molar-refractivity contribution in [1.29, 1.82) is 0 Å². The Morgan fingerprint density at radius 1 is 1.38 bits per heavy atom. The molecule has 21 heavy (non-hydrogen) atoms. The zero-order valence-corrected chi connectivity index (χ0v) is 12.2. The summed E-state index contributed by atoms with van der Waals surface area (Å²) in [5.74, 6) is 0.0208. The van der Waals surface area contributed by atoms with Crippen LogP contribution in [0.1, 0.15) is 27.0 Å². The number of primary amides is 1. The number of carbonyl (C=O) groups is 2. The first-order valence-electron chi connectivity index (χ1n) is 6.52. The molecule has 0 fully saturated rings. The molecule has 0 radical (unpaired) electrons. The third kappa shape index (κ3) is 2.50. The van der Waals surface area contributed by atoms with Gasteiger partial charge in [-0.1, -0.05) is 12.1 Å². The van der Waals surface area contributed by atoms with Gasteiger partial charge in [0.1, 0.15) is 11.9 Å². The number of nitrogens with zero attached hydrogens (tertiary/aromatic N) is 1. The number of thiophene rings is 1. The molecule has 1 atom stereocenters. The average molecular weight is 302 g/mol. The molecular formula is C15H14N2O3S. The Bertz CT molecular complexity index is 710. The van der Waals surface area contributed by atoms with E-state index in [1.807, 2.05) is 31.2 Å². The molecule has 3 rings (SSSR count). The first-order valence-corrected chi connectivity index (χ1v) is 7.40. The van der Waals surface area contributed by atoms with Crippen molar-refractivity contribution in [3.63, 3.8) is 0 Å². The van der Waals surface area contributed by atoms with Crippen molar-refractivity contribution >= 4 is 28.8 Å². The Balaban J connectivity index is 1.95. The Morgan fingerprint density at radius 3 is 2.86 bits per heavy atom. The molecule has 2 heterocycles. The topological polar surface area (TPSA) is 72.6 Å². The van der Waals surface area contributed by atoms with Crippen LogP contribution in [0.5, 0.6) is 5.75 Å². The van der Waals surface area contributed by atoms with Gasteiger partial charge in [-0.05, 0) is 25.1 Å². The van der Waals surface area contributed by atoms with Gasteiger partial charge in [0.15, 0.2) is 0 Å². The van der Waals surface area contributed by atoms with Gasteiger partial charge in [0, 0.05) is 5.38 Å². The number of rotatable bonds is 2. The molecule has 108 valence electrons. The molecule has 6 heteroatoms. The Kier molecular flexibility index (Phi) is 3.39. The van der Waals surface area contributed by atoms with Gasteiger partial charge in [0.05, 0.1) is 22.7 Å². The van der Waals surface area contributed by atoms with Crippen molar-refractivity contribution < 1.29 is 14.3 Å². The molecule has 0 bridgehead atoms. The van der Waals surface area contributed by atoms with Crippen molar-refractivity contribution in [2.45, 2.75) is 13.0 Å². The molecule has 2 aromatic rings. The van der Waals surface area contributed by atoms with Gasteiger partial charge >= 0.3 is 0 Å².